The minimum atomic E-state index is -4.41. The fraction of sp³-hybridized carbons (Fsp3) is 0.184. The van der Waals surface area contributed by atoms with Crippen LogP contribution in [0.1, 0.15) is 50.8 Å². The fourth-order valence-corrected chi connectivity index (χ4v) is 7.38. The number of rotatable bonds is 3. The third kappa shape index (κ3) is 4.39. The summed E-state index contributed by atoms with van der Waals surface area (Å²) in [7, 11) is 0. The zero-order valence-electron chi connectivity index (χ0n) is 23.9. The number of fused-ring (bicyclic) bond motifs is 6. The number of pyridine rings is 1. The number of nitrogens with one attached hydrogen (secondary N) is 1. The van der Waals surface area contributed by atoms with E-state index >= 15 is 0 Å². The van der Waals surface area contributed by atoms with Crippen molar-refractivity contribution >= 4 is 5.69 Å². The van der Waals surface area contributed by atoms with E-state index in [0.29, 0.717) is 6.42 Å². The normalized spacial score (nSPS) is 18.4. The maximum absolute atomic E-state index is 14.5. The average Bonchev–Trinajstić information content (AvgIpc) is 3.52. The van der Waals surface area contributed by atoms with Gasteiger partial charge in [0.25, 0.3) is 5.56 Å². The highest BCUT2D eigenvalue weighted by Gasteiger charge is 2.40. The molecule has 3 nitrogen and oxygen atoms in total. The van der Waals surface area contributed by atoms with Crippen molar-refractivity contribution in [2.45, 2.75) is 37.3 Å². The highest BCUT2D eigenvalue weighted by atomic mass is 19.4. The summed E-state index contributed by atoms with van der Waals surface area (Å²) in [5, 5.41) is 3.39. The molecule has 2 aliphatic carbocycles. The minimum absolute atomic E-state index is 0.0327. The molecule has 0 spiro atoms. The van der Waals surface area contributed by atoms with E-state index in [9.17, 15) is 18.0 Å². The van der Waals surface area contributed by atoms with Crippen molar-refractivity contribution in [3.05, 3.63) is 164 Å². The van der Waals surface area contributed by atoms with Crippen LogP contribution in [-0.4, -0.2) is 17.3 Å². The average molecular weight is 587 g/mol. The number of anilines is 1. The largest absolute Gasteiger partial charge is 0.412 e. The third-order valence-electron chi connectivity index (χ3n) is 9.54. The lowest BCUT2D eigenvalue weighted by atomic mass is 9.70. The van der Waals surface area contributed by atoms with Gasteiger partial charge in [0.1, 0.15) is 0 Å². The number of aromatic nitrogens is 1. The molecule has 218 valence electrons. The molecule has 0 amide bonds. The Morgan fingerprint density at radius 2 is 1.57 bits per heavy atom. The number of alkyl halides is 3. The van der Waals surface area contributed by atoms with Crippen LogP contribution in [0.25, 0.3) is 16.8 Å². The number of halogens is 3. The smallest absolute Gasteiger partial charge is 0.384 e. The highest BCUT2D eigenvalue weighted by molar-refractivity contribution is 5.78. The lowest BCUT2D eigenvalue weighted by Crippen LogP contribution is -2.24. The predicted molar refractivity (Wildman–Crippen MR) is 168 cm³/mol. The van der Waals surface area contributed by atoms with Gasteiger partial charge in [-0.05, 0) is 87.2 Å². The van der Waals surface area contributed by atoms with Crippen molar-refractivity contribution in [2.75, 3.05) is 11.9 Å². The van der Waals surface area contributed by atoms with Crippen molar-refractivity contribution in [3.63, 3.8) is 0 Å². The summed E-state index contributed by atoms with van der Waals surface area (Å²) in [6, 6.07) is 31.5. The second kappa shape index (κ2) is 10.1. The molecule has 1 aromatic heterocycles. The molecule has 44 heavy (non-hydrogen) atoms. The van der Waals surface area contributed by atoms with Crippen LogP contribution < -0.4 is 10.9 Å². The molecular formula is C38H29F3N2O. The van der Waals surface area contributed by atoms with Gasteiger partial charge in [-0.3, -0.25) is 9.36 Å². The van der Waals surface area contributed by atoms with Crippen LogP contribution >= 0.6 is 0 Å². The Balaban J connectivity index is 1.25. The van der Waals surface area contributed by atoms with Crippen LogP contribution in [0.5, 0.6) is 0 Å². The van der Waals surface area contributed by atoms with Gasteiger partial charge in [0.2, 0.25) is 0 Å². The highest BCUT2D eigenvalue weighted by Crippen LogP contribution is 2.49. The number of benzene rings is 4. The zero-order chi connectivity index (χ0) is 30.0. The summed E-state index contributed by atoms with van der Waals surface area (Å²) >= 11 is 0. The first kappa shape index (κ1) is 26.8. The second-order valence-electron chi connectivity index (χ2n) is 11.9. The first-order valence-corrected chi connectivity index (χ1v) is 15.0. The maximum atomic E-state index is 14.5. The Morgan fingerprint density at radius 1 is 0.773 bits per heavy atom. The van der Waals surface area contributed by atoms with E-state index in [-0.39, 0.29) is 17.9 Å². The van der Waals surface area contributed by atoms with Crippen LogP contribution in [0.3, 0.4) is 0 Å². The SMILES string of the molecule is O=c1ccccn1-c1ccc(C2Cc3c(ccc4c3CC(C(F)(F)F)=CC4c3ccc4c(c3)NCC4)-c3ccccc32)cc1. The predicted octanol–water partition coefficient (Wildman–Crippen LogP) is 8.34. The summed E-state index contributed by atoms with van der Waals surface area (Å²) in [4.78, 5) is 12.4. The quantitative estimate of drug-likeness (QED) is 0.216. The molecule has 0 radical (unpaired) electrons. The van der Waals surface area contributed by atoms with E-state index in [2.05, 4.69) is 29.6 Å². The van der Waals surface area contributed by atoms with Gasteiger partial charge >= 0.3 is 6.18 Å². The molecule has 1 aliphatic heterocycles. The summed E-state index contributed by atoms with van der Waals surface area (Å²) in [5.41, 5.74) is 10.3. The van der Waals surface area contributed by atoms with Crippen molar-refractivity contribution in [3.8, 4) is 16.8 Å². The van der Waals surface area contributed by atoms with E-state index in [0.717, 1.165) is 68.8 Å². The Morgan fingerprint density at radius 3 is 2.39 bits per heavy atom. The van der Waals surface area contributed by atoms with Crippen LogP contribution in [-0.2, 0) is 19.3 Å². The van der Waals surface area contributed by atoms with Gasteiger partial charge in [-0.15, -0.1) is 0 Å². The minimum Gasteiger partial charge on any atom is -0.384 e. The van der Waals surface area contributed by atoms with Gasteiger partial charge in [0, 0.05) is 54.0 Å². The Labute approximate surface area is 253 Å². The maximum Gasteiger partial charge on any atom is 0.412 e. The molecular weight excluding hydrogens is 557 g/mol. The van der Waals surface area contributed by atoms with Crippen LogP contribution in [0.2, 0.25) is 0 Å². The van der Waals surface area contributed by atoms with Gasteiger partial charge < -0.3 is 5.32 Å². The van der Waals surface area contributed by atoms with Gasteiger partial charge in [-0.25, -0.2) is 0 Å². The van der Waals surface area contributed by atoms with Gasteiger partial charge in [0.15, 0.2) is 0 Å². The number of nitrogens with zero attached hydrogens (tertiary/aromatic N) is 1. The molecule has 0 bridgehead atoms. The topological polar surface area (TPSA) is 34.0 Å². The van der Waals surface area contributed by atoms with Gasteiger partial charge in [0.05, 0.1) is 0 Å². The third-order valence-corrected chi connectivity index (χ3v) is 9.54. The molecule has 3 aliphatic rings. The molecule has 4 aromatic carbocycles. The molecule has 1 N–H and O–H groups in total. The lowest BCUT2D eigenvalue weighted by molar-refractivity contribution is -0.0937. The van der Waals surface area contributed by atoms with Crippen LogP contribution in [0.4, 0.5) is 18.9 Å². The standard InChI is InChI=1S/C38H29F3N2O/c39-38(40,41)26-20-32(25-9-8-24-16-17-42-36(24)19-25)31-15-14-30-28-5-1-2-6-29(28)33(22-35(30)34(31)21-26)23-10-12-27(13-11-23)43-18-4-3-7-37(43)44/h1-15,18-20,32-33,42H,16-17,21-22H2. The van der Waals surface area contributed by atoms with Crippen molar-refractivity contribution in [1.82, 2.24) is 4.57 Å². The van der Waals surface area contributed by atoms with E-state index in [1.807, 2.05) is 60.7 Å². The Kier molecular flexibility index (Phi) is 6.16. The second-order valence-corrected chi connectivity index (χ2v) is 11.9. The van der Waals surface area contributed by atoms with Crippen molar-refractivity contribution < 1.29 is 13.2 Å². The van der Waals surface area contributed by atoms with Crippen molar-refractivity contribution in [1.29, 1.82) is 0 Å². The monoisotopic (exact) mass is 586 g/mol. The van der Waals surface area contributed by atoms with Gasteiger partial charge in [-0.1, -0.05) is 72.8 Å². The first-order chi connectivity index (χ1) is 21.3. The lowest BCUT2D eigenvalue weighted by Gasteiger charge is -2.34. The fourth-order valence-electron chi connectivity index (χ4n) is 7.38. The first-order valence-electron chi connectivity index (χ1n) is 15.0. The summed E-state index contributed by atoms with van der Waals surface area (Å²) in [6.45, 7) is 0.848. The van der Waals surface area contributed by atoms with Crippen LogP contribution in [0, 0.1) is 0 Å². The van der Waals surface area contributed by atoms with E-state index in [1.54, 1.807) is 16.8 Å². The van der Waals surface area contributed by atoms with Gasteiger partial charge in [-0.2, -0.15) is 13.2 Å². The summed E-state index contributed by atoms with van der Waals surface area (Å²) < 4.78 is 45.0. The summed E-state index contributed by atoms with van der Waals surface area (Å²) in [5.74, 6) is -0.512. The Hall–Kier alpha value is -4.84. The summed E-state index contributed by atoms with van der Waals surface area (Å²) in [6.07, 6.45) is 0.165. The molecule has 0 saturated heterocycles. The molecule has 2 atom stereocenters. The molecule has 0 fully saturated rings. The zero-order valence-corrected chi connectivity index (χ0v) is 23.9. The number of hydrogen-bond donors (Lipinski definition) is 1. The molecule has 0 saturated carbocycles. The van der Waals surface area contributed by atoms with E-state index in [4.69, 9.17) is 0 Å². The Bertz CT molecular complexity index is 2020. The molecule has 6 heteroatoms. The van der Waals surface area contributed by atoms with E-state index in [1.165, 1.54) is 17.7 Å². The van der Waals surface area contributed by atoms with Crippen molar-refractivity contribution in [2.24, 2.45) is 0 Å². The number of allylic oxidation sites excluding steroid dienone is 2. The van der Waals surface area contributed by atoms with Crippen LogP contribution in [0.15, 0.2) is 120 Å². The molecule has 8 rings (SSSR count). The number of hydrogen-bond acceptors (Lipinski definition) is 2. The molecule has 5 aromatic rings. The molecule has 2 heterocycles. The van der Waals surface area contributed by atoms with E-state index < -0.39 is 17.7 Å². The molecule has 2 unspecified atom stereocenters.